The molecule has 1 saturated carbocycles. The van der Waals surface area contributed by atoms with Crippen LogP contribution in [0.15, 0.2) is 23.1 Å². The largest absolute Gasteiger partial charge is 0.392 e. The van der Waals surface area contributed by atoms with Gasteiger partial charge in [-0.3, -0.25) is 0 Å². The Kier molecular flexibility index (Phi) is 5.35. The zero-order chi connectivity index (χ0) is 15.5. The molecule has 0 saturated heterocycles. The molecule has 1 aliphatic rings. The zero-order valence-electron chi connectivity index (χ0n) is 12.2. The first kappa shape index (κ1) is 16.4. The third-order valence-electron chi connectivity index (χ3n) is 4.29. The summed E-state index contributed by atoms with van der Waals surface area (Å²) in [5, 5.41) is 9.05. The standard InChI is InChI=1S/C15H22FNO3S/c1-11-4-2-3-5-13(11)9-17-21(19,20)15-8-12(10-18)6-7-14(15)16/h6-8,11,13,17-18H,2-5,9-10H2,1H3. The summed E-state index contributed by atoms with van der Waals surface area (Å²) in [7, 11) is -3.88. The van der Waals surface area contributed by atoms with E-state index in [-0.39, 0.29) is 6.61 Å². The lowest BCUT2D eigenvalue weighted by molar-refractivity contribution is 0.257. The van der Waals surface area contributed by atoms with Crippen molar-refractivity contribution in [2.75, 3.05) is 6.54 Å². The lowest BCUT2D eigenvalue weighted by Gasteiger charge is -2.28. The summed E-state index contributed by atoms with van der Waals surface area (Å²) in [6.07, 6.45) is 4.42. The average molecular weight is 315 g/mol. The van der Waals surface area contributed by atoms with Gasteiger partial charge in [0.1, 0.15) is 10.7 Å². The zero-order valence-corrected chi connectivity index (χ0v) is 13.0. The molecule has 1 aromatic carbocycles. The van der Waals surface area contributed by atoms with Gasteiger partial charge in [0, 0.05) is 6.54 Å². The van der Waals surface area contributed by atoms with E-state index in [0.29, 0.717) is 23.9 Å². The van der Waals surface area contributed by atoms with Crippen molar-refractivity contribution in [2.45, 2.75) is 44.1 Å². The van der Waals surface area contributed by atoms with Crippen molar-refractivity contribution in [3.8, 4) is 0 Å². The van der Waals surface area contributed by atoms with Crippen molar-refractivity contribution in [2.24, 2.45) is 11.8 Å². The average Bonchev–Trinajstić information content (AvgIpc) is 2.47. The molecule has 6 heteroatoms. The van der Waals surface area contributed by atoms with Crippen LogP contribution in [0.4, 0.5) is 4.39 Å². The first-order valence-corrected chi connectivity index (χ1v) is 8.81. The Morgan fingerprint density at radius 2 is 2.05 bits per heavy atom. The second-order valence-corrected chi connectivity index (χ2v) is 7.53. The summed E-state index contributed by atoms with van der Waals surface area (Å²) < 4.78 is 40.7. The number of hydrogen-bond donors (Lipinski definition) is 2. The van der Waals surface area contributed by atoms with Gasteiger partial charge in [0.05, 0.1) is 6.61 Å². The van der Waals surface area contributed by atoms with Gasteiger partial charge in [-0.15, -0.1) is 0 Å². The van der Waals surface area contributed by atoms with E-state index in [9.17, 15) is 12.8 Å². The summed E-state index contributed by atoms with van der Waals surface area (Å²) in [6, 6.07) is 3.63. The number of nitrogens with one attached hydrogen (secondary N) is 1. The molecule has 118 valence electrons. The van der Waals surface area contributed by atoms with Gasteiger partial charge in [-0.25, -0.2) is 17.5 Å². The summed E-state index contributed by atoms with van der Waals surface area (Å²) in [4.78, 5) is -0.391. The predicted molar refractivity (Wildman–Crippen MR) is 78.6 cm³/mol. The van der Waals surface area contributed by atoms with Crippen molar-refractivity contribution < 1.29 is 17.9 Å². The van der Waals surface area contributed by atoms with Gasteiger partial charge in [-0.05, 0) is 36.0 Å². The van der Waals surface area contributed by atoms with E-state index in [2.05, 4.69) is 11.6 Å². The molecule has 4 nitrogen and oxygen atoms in total. The first-order chi connectivity index (χ1) is 9.94. The van der Waals surface area contributed by atoms with E-state index in [1.54, 1.807) is 0 Å². The lowest BCUT2D eigenvalue weighted by Crippen LogP contribution is -2.33. The maximum absolute atomic E-state index is 13.7. The first-order valence-electron chi connectivity index (χ1n) is 7.33. The molecule has 21 heavy (non-hydrogen) atoms. The molecule has 1 fully saturated rings. The molecule has 2 rings (SSSR count). The van der Waals surface area contributed by atoms with Crippen molar-refractivity contribution >= 4 is 10.0 Å². The van der Waals surface area contributed by atoms with Crippen LogP contribution in [-0.2, 0) is 16.6 Å². The second kappa shape index (κ2) is 6.85. The molecule has 0 radical (unpaired) electrons. The van der Waals surface area contributed by atoms with Crippen LogP contribution in [0.5, 0.6) is 0 Å². The van der Waals surface area contributed by atoms with Gasteiger partial charge in [-0.2, -0.15) is 0 Å². The highest BCUT2D eigenvalue weighted by Crippen LogP contribution is 2.29. The molecule has 0 aliphatic heterocycles. The van der Waals surface area contributed by atoms with Crippen LogP contribution >= 0.6 is 0 Å². The fraction of sp³-hybridized carbons (Fsp3) is 0.600. The number of hydrogen-bond acceptors (Lipinski definition) is 3. The number of benzene rings is 1. The molecular formula is C15H22FNO3S. The molecular weight excluding hydrogens is 293 g/mol. The fourth-order valence-electron chi connectivity index (χ4n) is 2.84. The summed E-state index contributed by atoms with van der Waals surface area (Å²) in [6.45, 7) is 2.15. The predicted octanol–water partition coefficient (Wildman–Crippen LogP) is 2.42. The number of sulfonamides is 1. The minimum atomic E-state index is -3.88. The molecule has 0 aromatic heterocycles. The molecule has 2 atom stereocenters. The van der Waals surface area contributed by atoms with E-state index < -0.39 is 20.7 Å². The topological polar surface area (TPSA) is 66.4 Å². The number of rotatable bonds is 5. The van der Waals surface area contributed by atoms with E-state index in [1.807, 2.05) is 0 Å². The fourth-order valence-corrected chi connectivity index (χ4v) is 4.06. The maximum Gasteiger partial charge on any atom is 0.243 e. The summed E-state index contributed by atoms with van der Waals surface area (Å²) in [5.74, 6) is -0.0101. The van der Waals surface area contributed by atoms with Crippen molar-refractivity contribution in [1.29, 1.82) is 0 Å². The van der Waals surface area contributed by atoms with E-state index in [1.165, 1.54) is 18.6 Å². The quantitative estimate of drug-likeness (QED) is 0.877. The van der Waals surface area contributed by atoms with E-state index in [4.69, 9.17) is 5.11 Å². The summed E-state index contributed by atoms with van der Waals surface area (Å²) >= 11 is 0. The van der Waals surface area contributed by atoms with Gasteiger partial charge in [0.2, 0.25) is 10.0 Å². The summed E-state index contributed by atoms with van der Waals surface area (Å²) in [5.41, 5.74) is 0.378. The molecule has 0 amide bonds. The lowest BCUT2D eigenvalue weighted by atomic mass is 9.81. The van der Waals surface area contributed by atoms with Crippen molar-refractivity contribution in [1.82, 2.24) is 4.72 Å². The molecule has 1 aromatic rings. The Balaban J connectivity index is 2.11. The second-order valence-electron chi connectivity index (χ2n) is 5.80. The van der Waals surface area contributed by atoms with Crippen LogP contribution in [0.25, 0.3) is 0 Å². The van der Waals surface area contributed by atoms with E-state index >= 15 is 0 Å². The van der Waals surface area contributed by atoms with Crippen LogP contribution in [0.1, 0.15) is 38.2 Å². The van der Waals surface area contributed by atoms with Gasteiger partial charge in [0.25, 0.3) is 0 Å². The molecule has 0 heterocycles. The molecule has 2 N–H and O–H groups in total. The van der Waals surface area contributed by atoms with Crippen LogP contribution in [-0.4, -0.2) is 20.1 Å². The highest BCUT2D eigenvalue weighted by Gasteiger charge is 2.25. The highest BCUT2D eigenvalue weighted by atomic mass is 32.2. The molecule has 0 bridgehead atoms. The molecule has 1 aliphatic carbocycles. The molecule has 2 unspecified atom stereocenters. The van der Waals surface area contributed by atoms with Gasteiger partial charge in [0.15, 0.2) is 0 Å². The van der Waals surface area contributed by atoms with Gasteiger partial charge < -0.3 is 5.11 Å². The number of aliphatic hydroxyl groups is 1. The van der Waals surface area contributed by atoms with Crippen LogP contribution in [0.2, 0.25) is 0 Å². The van der Waals surface area contributed by atoms with Crippen LogP contribution < -0.4 is 4.72 Å². The maximum atomic E-state index is 13.7. The Bertz CT molecular complexity index is 589. The molecule has 0 spiro atoms. The Labute approximate surface area is 125 Å². The van der Waals surface area contributed by atoms with Crippen LogP contribution in [0.3, 0.4) is 0 Å². The van der Waals surface area contributed by atoms with Gasteiger partial charge in [-0.1, -0.05) is 32.3 Å². The van der Waals surface area contributed by atoms with E-state index in [0.717, 1.165) is 25.3 Å². The third kappa shape index (κ3) is 4.02. The minimum Gasteiger partial charge on any atom is -0.392 e. The smallest absolute Gasteiger partial charge is 0.243 e. The van der Waals surface area contributed by atoms with Crippen molar-refractivity contribution in [3.63, 3.8) is 0 Å². The minimum absolute atomic E-state index is 0.303. The Morgan fingerprint density at radius 1 is 1.33 bits per heavy atom. The van der Waals surface area contributed by atoms with Crippen LogP contribution in [0, 0.1) is 17.7 Å². The normalized spacial score (nSPS) is 23.2. The monoisotopic (exact) mass is 315 g/mol. The third-order valence-corrected chi connectivity index (χ3v) is 5.73. The van der Waals surface area contributed by atoms with Gasteiger partial charge >= 0.3 is 0 Å². The van der Waals surface area contributed by atoms with Crippen molar-refractivity contribution in [3.05, 3.63) is 29.6 Å². The Hall–Kier alpha value is -0.980. The number of halogens is 1. The highest BCUT2D eigenvalue weighted by molar-refractivity contribution is 7.89. The number of aliphatic hydroxyl groups excluding tert-OH is 1. The SMILES string of the molecule is CC1CCCCC1CNS(=O)(=O)c1cc(CO)ccc1F. The Morgan fingerprint density at radius 3 is 2.71 bits per heavy atom.